The predicted molar refractivity (Wildman–Crippen MR) is 125 cm³/mol. The average molecular weight is 503 g/mol. The third kappa shape index (κ3) is 4.08. The molecule has 0 saturated heterocycles. The second-order valence-electron chi connectivity index (χ2n) is 8.36. The number of benzene rings is 1. The van der Waals surface area contributed by atoms with Gasteiger partial charge in [0.2, 0.25) is 0 Å². The monoisotopic (exact) mass is 502 g/mol. The van der Waals surface area contributed by atoms with Crippen molar-refractivity contribution in [3.8, 4) is 0 Å². The van der Waals surface area contributed by atoms with E-state index in [1.54, 1.807) is 10.8 Å². The first-order valence-electron chi connectivity index (χ1n) is 10.3. The van der Waals surface area contributed by atoms with E-state index in [1.807, 2.05) is 24.3 Å². The molecule has 1 aliphatic rings. The van der Waals surface area contributed by atoms with Gasteiger partial charge in [0.05, 0.1) is 29.0 Å². The van der Waals surface area contributed by atoms with E-state index in [2.05, 4.69) is 36.5 Å². The summed E-state index contributed by atoms with van der Waals surface area (Å²) in [7, 11) is -3.03. The van der Waals surface area contributed by atoms with Crippen LogP contribution in [0.25, 0.3) is 21.9 Å². The molecule has 0 radical (unpaired) electrons. The number of pyridine rings is 1. The molecule has 9 heteroatoms. The highest BCUT2D eigenvalue weighted by atomic mass is 79.9. The lowest BCUT2D eigenvalue weighted by Gasteiger charge is -2.12. The molecule has 3 heterocycles. The van der Waals surface area contributed by atoms with Crippen LogP contribution in [0.15, 0.2) is 45.8 Å². The van der Waals surface area contributed by atoms with Crippen molar-refractivity contribution in [2.24, 2.45) is 0 Å². The molecule has 0 amide bonds. The second-order valence-corrected chi connectivity index (χ2v) is 11.5. The first kappa shape index (κ1) is 20.5. The minimum atomic E-state index is -3.03. The number of hydrogen-bond donors (Lipinski definition) is 1. The van der Waals surface area contributed by atoms with Crippen molar-refractivity contribution in [2.75, 3.05) is 12.0 Å². The molecule has 1 N–H and O–H groups in total. The summed E-state index contributed by atoms with van der Waals surface area (Å²) in [6.45, 7) is 0.966. The molecule has 3 aromatic heterocycles. The Bertz CT molecular complexity index is 1460. The molecule has 0 aliphatic heterocycles. The van der Waals surface area contributed by atoms with Crippen molar-refractivity contribution in [3.63, 3.8) is 0 Å². The third-order valence-electron chi connectivity index (χ3n) is 5.84. The Hall–Kier alpha value is -2.39. The molecule has 31 heavy (non-hydrogen) atoms. The fourth-order valence-corrected chi connectivity index (χ4v) is 5.32. The van der Waals surface area contributed by atoms with Crippen molar-refractivity contribution in [3.05, 3.63) is 62.9 Å². The lowest BCUT2D eigenvalue weighted by molar-refractivity contribution is 0.589. The van der Waals surface area contributed by atoms with Crippen molar-refractivity contribution in [1.82, 2.24) is 19.1 Å². The Morgan fingerprint density at radius 1 is 1.19 bits per heavy atom. The molecule has 1 fully saturated rings. The number of aryl methyl sites for hydroxylation is 1. The van der Waals surface area contributed by atoms with E-state index < -0.39 is 9.84 Å². The minimum Gasteiger partial charge on any atom is -0.343 e. The zero-order chi connectivity index (χ0) is 21.8. The van der Waals surface area contributed by atoms with Crippen LogP contribution in [-0.4, -0.2) is 39.5 Å². The lowest BCUT2D eigenvalue weighted by Crippen LogP contribution is -2.20. The normalized spacial score (nSPS) is 14.6. The molecule has 0 atom stereocenters. The maximum Gasteiger partial charge on any atom is 0.326 e. The number of H-pyrrole nitrogens is 1. The second kappa shape index (κ2) is 7.63. The van der Waals surface area contributed by atoms with Crippen LogP contribution in [0.4, 0.5) is 0 Å². The predicted octanol–water partition coefficient (Wildman–Crippen LogP) is 3.80. The van der Waals surface area contributed by atoms with Crippen LogP contribution in [0.1, 0.15) is 36.6 Å². The van der Waals surface area contributed by atoms with Crippen LogP contribution in [0, 0.1) is 0 Å². The van der Waals surface area contributed by atoms with E-state index in [9.17, 15) is 13.2 Å². The van der Waals surface area contributed by atoms with Gasteiger partial charge in [0, 0.05) is 46.0 Å². The summed E-state index contributed by atoms with van der Waals surface area (Å²) in [5, 5.41) is 1.05. The Labute approximate surface area is 188 Å². The molecule has 7 nitrogen and oxygen atoms in total. The van der Waals surface area contributed by atoms with E-state index in [4.69, 9.17) is 0 Å². The zero-order valence-electron chi connectivity index (χ0n) is 17.1. The van der Waals surface area contributed by atoms with Crippen LogP contribution in [0.5, 0.6) is 0 Å². The summed E-state index contributed by atoms with van der Waals surface area (Å²) in [6.07, 6.45) is 5.74. The number of hydrogen-bond acceptors (Lipinski definition) is 4. The number of aromatic amines is 1. The molecule has 1 aromatic carbocycles. The number of nitrogens with zero attached hydrogens (tertiary/aromatic N) is 3. The highest BCUT2D eigenvalue weighted by molar-refractivity contribution is 9.10. The lowest BCUT2D eigenvalue weighted by atomic mass is 10.2. The molecule has 1 saturated carbocycles. The summed E-state index contributed by atoms with van der Waals surface area (Å²) < 4.78 is 28.1. The van der Waals surface area contributed by atoms with E-state index in [0.29, 0.717) is 25.4 Å². The Morgan fingerprint density at radius 3 is 2.74 bits per heavy atom. The Balaban J connectivity index is 1.60. The minimum absolute atomic E-state index is 0.130. The van der Waals surface area contributed by atoms with Crippen LogP contribution in [0.2, 0.25) is 0 Å². The SMILES string of the molecule is CS(=O)(=O)CCCn1c(Cn2c(=O)[nH]c3ccnc(C4CC4)c32)cc2cc(Br)ccc21. The maximum absolute atomic E-state index is 12.8. The van der Waals surface area contributed by atoms with Crippen molar-refractivity contribution in [2.45, 2.75) is 38.3 Å². The van der Waals surface area contributed by atoms with Crippen molar-refractivity contribution >= 4 is 47.7 Å². The van der Waals surface area contributed by atoms with Gasteiger partial charge < -0.3 is 9.55 Å². The van der Waals surface area contributed by atoms with Crippen LogP contribution >= 0.6 is 15.9 Å². The first-order valence-corrected chi connectivity index (χ1v) is 13.2. The fraction of sp³-hybridized carbons (Fsp3) is 0.364. The van der Waals surface area contributed by atoms with Crippen LogP contribution in [0.3, 0.4) is 0 Å². The van der Waals surface area contributed by atoms with Gasteiger partial charge in [0.25, 0.3) is 0 Å². The Morgan fingerprint density at radius 2 is 2.00 bits per heavy atom. The molecule has 162 valence electrons. The summed E-state index contributed by atoms with van der Waals surface area (Å²) in [5.74, 6) is 0.549. The summed E-state index contributed by atoms with van der Waals surface area (Å²) in [5.41, 5.74) is 4.51. The largest absolute Gasteiger partial charge is 0.343 e. The average Bonchev–Trinajstić information content (AvgIpc) is 3.42. The molecular formula is C22H23BrN4O3S. The van der Waals surface area contributed by atoms with Gasteiger partial charge in [-0.25, -0.2) is 13.2 Å². The maximum atomic E-state index is 12.8. The number of imidazole rings is 1. The van der Waals surface area contributed by atoms with E-state index in [1.165, 1.54) is 6.26 Å². The molecule has 0 spiro atoms. The number of nitrogens with one attached hydrogen (secondary N) is 1. The van der Waals surface area contributed by atoms with Crippen molar-refractivity contribution in [1.29, 1.82) is 0 Å². The topological polar surface area (TPSA) is 89.8 Å². The highest BCUT2D eigenvalue weighted by Crippen LogP contribution is 2.41. The number of fused-ring (bicyclic) bond motifs is 2. The quantitative estimate of drug-likeness (QED) is 0.416. The number of aromatic nitrogens is 4. The van der Waals surface area contributed by atoms with Gasteiger partial charge in [-0.1, -0.05) is 15.9 Å². The zero-order valence-corrected chi connectivity index (χ0v) is 19.5. The summed E-state index contributed by atoms with van der Waals surface area (Å²) in [4.78, 5) is 20.4. The van der Waals surface area contributed by atoms with Gasteiger partial charge in [0.1, 0.15) is 9.84 Å². The third-order valence-corrected chi connectivity index (χ3v) is 7.36. The molecule has 0 unspecified atom stereocenters. The standard InChI is InChI=1S/C22H23BrN4O3S/c1-31(29,30)10-2-9-26-17(12-15-11-16(23)5-6-19(15)26)13-27-21-18(25-22(27)28)7-8-24-20(21)14-3-4-14/h5-8,11-12,14H,2-4,9-10,13H2,1H3,(H,25,28). The van der Waals surface area contributed by atoms with Gasteiger partial charge in [0.15, 0.2) is 0 Å². The van der Waals surface area contributed by atoms with Gasteiger partial charge in [-0.2, -0.15) is 0 Å². The summed E-state index contributed by atoms with van der Waals surface area (Å²) in [6, 6.07) is 9.97. The van der Waals surface area contributed by atoms with Gasteiger partial charge in [-0.3, -0.25) is 9.55 Å². The fourth-order valence-electron chi connectivity index (χ4n) is 4.29. The van der Waals surface area contributed by atoms with E-state index >= 15 is 0 Å². The van der Waals surface area contributed by atoms with Crippen LogP contribution < -0.4 is 5.69 Å². The highest BCUT2D eigenvalue weighted by Gasteiger charge is 2.29. The molecule has 1 aliphatic carbocycles. The smallest absolute Gasteiger partial charge is 0.326 e. The Kier molecular flexibility index (Phi) is 5.05. The number of rotatable bonds is 7. The molecule has 0 bridgehead atoms. The number of halogens is 1. The van der Waals surface area contributed by atoms with Crippen LogP contribution in [-0.2, 0) is 22.9 Å². The van der Waals surface area contributed by atoms with Crippen molar-refractivity contribution < 1.29 is 8.42 Å². The molecular weight excluding hydrogens is 480 g/mol. The van der Waals surface area contributed by atoms with Gasteiger partial charge >= 0.3 is 5.69 Å². The molecule has 4 aromatic rings. The number of sulfone groups is 1. The van der Waals surface area contributed by atoms with E-state index in [-0.39, 0.29) is 11.4 Å². The van der Waals surface area contributed by atoms with E-state index in [0.717, 1.165) is 50.6 Å². The van der Waals surface area contributed by atoms with Gasteiger partial charge in [-0.15, -0.1) is 0 Å². The summed E-state index contributed by atoms with van der Waals surface area (Å²) >= 11 is 3.53. The molecule has 5 rings (SSSR count). The van der Waals surface area contributed by atoms with Gasteiger partial charge in [-0.05, 0) is 49.6 Å². The first-order chi connectivity index (χ1) is 14.8.